The van der Waals surface area contributed by atoms with Crippen LogP contribution in [0.25, 0.3) is 0 Å². The van der Waals surface area contributed by atoms with Crippen molar-refractivity contribution in [2.24, 2.45) is 0 Å². The van der Waals surface area contributed by atoms with Gasteiger partial charge in [0.15, 0.2) is 0 Å². The van der Waals surface area contributed by atoms with Crippen molar-refractivity contribution in [3.05, 3.63) is 0 Å². The number of unbranched alkanes of at least 4 members (excludes halogenated alkanes) is 2. The summed E-state index contributed by atoms with van der Waals surface area (Å²) in [5.74, 6) is -0.723. The minimum Gasteiger partial charge on any atom is -0.481 e. The predicted octanol–water partition coefficient (Wildman–Crippen LogP) is 1.77. The van der Waals surface area contributed by atoms with Crippen LogP contribution in [0.1, 0.15) is 52.4 Å². The SMILES string of the molecule is CCC(O)(CC)CNCCCCCC(=O)O. The zero-order valence-corrected chi connectivity index (χ0v) is 10.5. The second-order valence-electron chi connectivity index (χ2n) is 4.31. The van der Waals surface area contributed by atoms with Crippen molar-refractivity contribution in [1.29, 1.82) is 0 Å². The lowest BCUT2D eigenvalue weighted by molar-refractivity contribution is -0.137. The predicted molar refractivity (Wildman–Crippen MR) is 64.5 cm³/mol. The molecular weight excluding hydrogens is 206 g/mol. The molecule has 4 heteroatoms. The highest BCUT2D eigenvalue weighted by Crippen LogP contribution is 2.12. The first-order valence-corrected chi connectivity index (χ1v) is 6.19. The zero-order valence-electron chi connectivity index (χ0n) is 10.5. The van der Waals surface area contributed by atoms with Crippen LogP contribution in [0.3, 0.4) is 0 Å². The molecule has 16 heavy (non-hydrogen) atoms. The van der Waals surface area contributed by atoms with Gasteiger partial charge in [0.25, 0.3) is 0 Å². The summed E-state index contributed by atoms with van der Waals surface area (Å²) in [4.78, 5) is 10.2. The number of carbonyl (C=O) groups is 1. The molecule has 0 radical (unpaired) electrons. The largest absolute Gasteiger partial charge is 0.481 e. The third kappa shape index (κ3) is 7.65. The first-order chi connectivity index (χ1) is 7.54. The van der Waals surface area contributed by atoms with E-state index in [2.05, 4.69) is 5.32 Å². The lowest BCUT2D eigenvalue weighted by atomic mass is 9.97. The van der Waals surface area contributed by atoms with Gasteiger partial charge in [0.2, 0.25) is 0 Å². The Hall–Kier alpha value is -0.610. The third-order valence-electron chi connectivity index (χ3n) is 3.01. The van der Waals surface area contributed by atoms with Crippen LogP contribution < -0.4 is 5.32 Å². The topological polar surface area (TPSA) is 69.6 Å². The average molecular weight is 231 g/mol. The molecule has 0 heterocycles. The fourth-order valence-corrected chi connectivity index (χ4v) is 1.52. The minimum absolute atomic E-state index is 0.258. The van der Waals surface area contributed by atoms with Crippen LogP contribution in [0.4, 0.5) is 0 Å². The van der Waals surface area contributed by atoms with Gasteiger partial charge in [0.05, 0.1) is 5.60 Å². The van der Waals surface area contributed by atoms with Crippen LogP contribution in [0.15, 0.2) is 0 Å². The second-order valence-corrected chi connectivity index (χ2v) is 4.31. The second kappa shape index (κ2) is 8.53. The number of aliphatic hydroxyl groups is 1. The number of carboxylic acid groups (broad SMARTS) is 1. The summed E-state index contributed by atoms with van der Waals surface area (Å²) < 4.78 is 0. The summed E-state index contributed by atoms with van der Waals surface area (Å²) in [7, 11) is 0. The lowest BCUT2D eigenvalue weighted by Gasteiger charge is -2.25. The van der Waals surface area contributed by atoms with Gasteiger partial charge >= 0.3 is 5.97 Å². The average Bonchev–Trinajstić information content (AvgIpc) is 2.27. The molecule has 0 amide bonds. The van der Waals surface area contributed by atoms with E-state index < -0.39 is 11.6 Å². The maximum atomic E-state index is 10.2. The highest BCUT2D eigenvalue weighted by molar-refractivity contribution is 5.66. The van der Waals surface area contributed by atoms with E-state index in [0.29, 0.717) is 6.54 Å². The molecule has 0 saturated heterocycles. The van der Waals surface area contributed by atoms with Gasteiger partial charge in [-0.15, -0.1) is 0 Å². The molecule has 0 aromatic heterocycles. The first-order valence-electron chi connectivity index (χ1n) is 6.19. The fraction of sp³-hybridized carbons (Fsp3) is 0.917. The van der Waals surface area contributed by atoms with Crippen LogP contribution in [-0.4, -0.2) is 34.9 Å². The Labute approximate surface area is 98.1 Å². The Bertz CT molecular complexity index is 191. The van der Waals surface area contributed by atoms with E-state index >= 15 is 0 Å². The van der Waals surface area contributed by atoms with E-state index in [4.69, 9.17) is 5.11 Å². The molecule has 3 N–H and O–H groups in total. The van der Waals surface area contributed by atoms with Crippen molar-refractivity contribution in [2.75, 3.05) is 13.1 Å². The number of rotatable bonds is 10. The standard InChI is InChI=1S/C12H25NO3/c1-3-12(16,4-2)10-13-9-7-5-6-8-11(14)15/h13,16H,3-10H2,1-2H3,(H,14,15). The summed E-state index contributed by atoms with van der Waals surface area (Å²) >= 11 is 0. The monoisotopic (exact) mass is 231 g/mol. The number of hydrogen-bond donors (Lipinski definition) is 3. The summed E-state index contributed by atoms with van der Waals surface area (Å²) in [6.45, 7) is 5.44. The molecule has 0 spiro atoms. The van der Waals surface area contributed by atoms with E-state index in [0.717, 1.165) is 38.6 Å². The molecule has 4 nitrogen and oxygen atoms in total. The highest BCUT2D eigenvalue weighted by Gasteiger charge is 2.20. The fourth-order valence-electron chi connectivity index (χ4n) is 1.52. The Balaban J connectivity index is 3.36. The highest BCUT2D eigenvalue weighted by atomic mass is 16.4. The van der Waals surface area contributed by atoms with Crippen LogP contribution in [0.5, 0.6) is 0 Å². The van der Waals surface area contributed by atoms with E-state index in [1.807, 2.05) is 13.8 Å². The number of carboxylic acids is 1. The van der Waals surface area contributed by atoms with Gasteiger partial charge < -0.3 is 15.5 Å². The minimum atomic E-state index is -0.723. The molecule has 0 aliphatic rings. The molecule has 0 saturated carbocycles. The van der Waals surface area contributed by atoms with Gasteiger partial charge in [-0.1, -0.05) is 20.3 Å². The lowest BCUT2D eigenvalue weighted by Crippen LogP contribution is -2.39. The van der Waals surface area contributed by atoms with Crippen molar-refractivity contribution >= 4 is 5.97 Å². The van der Waals surface area contributed by atoms with Crippen LogP contribution in [0.2, 0.25) is 0 Å². The van der Waals surface area contributed by atoms with Crippen molar-refractivity contribution in [3.8, 4) is 0 Å². The molecule has 0 aromatic carbocycles. The Morgan fingerprint density at radius 2 is 1.81 bits per heavy atom. The Morgan fingerprint density at radius 3 is 2.31 bits per heavy atom. The maximum Gasteiger partial charge on any atom is 0.303 e. The summed E-state index contributed by atoms with van der Waals surface area (Å²) in [5.41, 5.74) is -0.582. The van der Waals surface area contributed by atoms with Crippen molar-refractivity contribution in [3.63, 3.8) is 0 Å². The van der Waals surface area contributed by atoms with Gasteiger partial charge in [-0.05, 0) is 32.2 Å². The number of hydrogen-bond acceptors (Lipinski definition) is 3. The van der Waals surface area contributed by atoms with Crippen LogP contribution in [-0.2, 0) is 4.79 Å². The first kappa shape index (κ1) is 15.4. The van der Waals surface area contributed by atoms with Crippen molar-refractivity contribution < 1.29 is 15.0 Å². The van der Waals surface area contributed by atoms with Gasteiger partial charge in [0, 0.05) is 13.0 Å². The van der Waals surface area contributed by atoms with Gasteiger partial charge in [-0.3, -0.25) is 4.79 Å². The molecule has 0 rings (SSSR count). The number of nitrogens with one attached hydrogen (secondary N) is 1. The summed E-state index contributed by atoms with van der Waals surface area (Å²) in [5, 5.41) is 21.6. The third-order valence-corrected chi connectivity index (χ3v) is 3.01. The molecule has 0 aromatic rings. The molecule has 0 aliphatic heterocycles. The molecule has 0 unspecified atom stereocenters. The Morgan fingerprint density at radius 1 is 1.19 bits per heavy atom. The molecule has 0 atom stereocenters. The maximum absolute atomic E-state index is 10.2. The van der Waals surface area contributed by atoms with Crippen LogP contribution in [0, 0.1) is 0 Å². The van der Waals surface area contributed by atoms with E-state index in [1.54, 1.807) is 0 Å². The molecular formula is C12H25NO3. The smallest absolute Gasteiger partial charge is 0.303 e. The van der Waals surface area contributed by atoms with E-state index in [9.17, 15) is 9.90 Å². The molecule has 0 aliphatic carbocycles. The molecule has 0 bridgehead atoms. The van der Waals surface area contributed by atoms with E-state index in [1.165, 1.54) is 0 Å². The summed E-state index contributed by atoms with van der Waals surface area (Å²) in [6, 6.07) is 0. The van der Waals surface area contributed by atoms with Crippen molar-refractivity contribution in [2.45, 2.75) is 58.0 Å². The summed E-state index contributed by atoms with van der Waals surface area (Å²) in [6.07, 6.45) is 4.41. The van der Waals surface area contributed by atoms with Gasteiger partial charge in [-0.2, -0.15) is 0 Å². The Kier molecular flexibility index (Phi) is 8.21. The normalized spacial score (nSPS) is 11.7. The quantitative estimate of drug-likeness (QED) is 0.501. The molecule has 96 valence electrons. The van der Waals surface area contributed by atoms with Gasteiger partial charge in [-0.25, -0.2) is 0 Å². The van der Waals surface area contributed by atoms with Gasteiger partial charge in [0.1, 0.15) is 0 Å². The molecule has 0 fully saturated rings. The zero-order chi connectivity index (χ0) is 12.4. The number of aliphatic carboxylic acids is 1. The van der Waals surface area contributed by atoms with Crippen LogP contribution >= 0.6 is 0 Å². The van der Waals surface area contributed by atoms with E-state index in [-0.39, 0.29) is 6.42 Å². The van der Waals surface area contributed by atoms with Crippen molar-refractivity contribution in [1.82, 2.24) is 5.32 Å².